The van der Waals surface area contributed by atoms with E-state index in [0.717, 1.165) is 5.69 Å². The Balaban J connectivity index is 2.02. The van der Waals surface area contributed by atoms with Crippen LogP contribution in [0, 0.1) is 6.92 Å². The van der Waals surface area contributed by atoms with E-state index in [-0.39, 0.29) is 12.5 Å². The molecule has 2 amide bonds. The van der Waals surface area contributed by atoms with Gasteiger partial charge in [0.1, 0.15) is 0 Å². The van der Waals surface area contributed by atoms with Crippen molar-refractivity contribution in [3.8, 4) is 0 Å². The highest BCUT2D eigenvalue weighted by Gasteiger charge is 2.09. The minimum Gasteiger partial charge on any atom is -0.453 e. The van der Waals surface area contributed by atoms with E-state index in [1.54, 1.807) is 18.2 Å². The number of carbonyl (C=O) groups is 2. The second-order valence-corrected chi connectivity index (χ2v) is 4.27. The lowest BCUT2D eigenvalue weighted by atomic mass is 10.2. The fourth-order valence-corrected chi connectivity index (χ4v) is 1.62. The average Bonchev–Trinajstić information content (AvgIpc) is 2.90. The van der Waals surface area contributed by atoms with Crippen LogP contribution < -0.4 is 10.6 Å². The van der Waals surface area contributed by atoms with Gasteiger partial charge in [-0.05, 0) is 19.1 Å². The molecule has 2 heterocycles. The lowest BCUT2D eigenvalue weighted by Gasteiger charge is -2.05. The summed E-state index contributed by atoms with van der Waals surface area (Å²) in [5, 5.41) is 11.8. The molecule has 0 aliphatic carbocycles. The smallest absolute Gasteiger partial charge is 0.407 e. The Morgan fingerprint density at radius 2 is 2.19 bits per heavy atom. The van der Waals surface area contributed by atoms with Crippen LogP contribution >= 0.6 is 0 Å². The lowest BCUT2D eigenvalue weighted by molar-refractivity contribution is 0.102. The number of hydrogen-bond acceptors (Lipinski definition) is 5. The van der Waals surface area contributed by atoms with Crippen molar-refractivity contribution in [1.82, 2.24) is 20.5 Å². The molecular weight excluding hydrogens is 274 g/mol. The predicted octanol–water partition coefficient (Wildman–Crippen LogP) is 1.22. The molecule has 21 heavy (non-hydrogen) atoms. The third-order valence-electron chi connectivity index (χ3n) is 2.63. The highest BCUT2D eigenvalue weighted by atomic mass is 16.5. The maximum absolute atomic E-state index is 12.1. The lowest BCUT2D eigenvalue weighted by Crippen LogP contribution is -2.23. The van der Waals surface area contributed by atoms with Gasteiger partial charge in [-0.15, -0.1) is 0 Å². The molecule has 0 aliphatic rings. The number of rotatable bonds is 4. The Labute approximate surface area is 120 Å². The summed E-state index contributed by atoms with van der Waals surface area (Å²) in [6.45, 7) is 2.01. The van der Waals surface area contributed by atoms with Crippen molar-refractivity contribution in [2.45, 2.75) is 13.5 Å². The number of nitrogens with zero attached hydrogens (tertiary/aromatic N) is 2. The Morgan fingerprint density at radius 1 is 1.38 bits per heavy atom. The maximum Gasteiger partial charge on any atom is 0.407 e. The first-order valence-corrected chi connectivity index (χ1v) is 6.18. The van der Waals surface area contributed by atoms with E-state index in [2.05, 4.69) is 30.6 Å². The fraction of sp³-hybridized carbons (Fsp3) is 0.231. The zero-order valence-electron chi connectivity index (χ0n) is 11.6. The van der Waals surface area contributed by atoms with Crippen molar-refractivity contribution in [3.63, 3.8) is 0 Å². The van der Waals surface area contributed by atoms with E-state index in [9.17, 15) is 9.59 Å². The van der Waals surface area contributed by atoms with Crippen LogP contribution in [-0.2, 0) is 11.3 Å². The summed E-state index contributed by atoms with van der Waals surface area (Å²) in [6.07, 6.45) is 0.942. The van der Waals surface area contributed by atoms with Gasteiger partial charge in [0.25, 0.3) is 5.91 Å². The summed E-state index contributed by atoms with van der Waals surface area (Å²) in [5.41, 5.74) is 1.82. The molecular formula is C13H15N5O3. The van der Waals surface area contributed by atoms with E-state index < -0.39 is 6.09 Å². The minimum absolute atomic E-state index is 0.176. The topological polar surface area (TPSA) is 109 Å². The number of pyridine rings is 1. The van der Waals surface area contributed by atoms with E-state index in [1.807, 2.05) is 6.92 Å². The fourth-order valence-electron chi connectivity index (χ4n) is 1.62. The SMILES string of the molecule is COC(=O)NCc1cc(C(=O)Nc2cc(C)[nH]n2)ccn1. The van der Waals surface area contributed by atoms with Gasteiger partial charge in [0.2, 0.25) is 0 Å². The molecule has 0 aliphatic heterocycles. The molecule has 0 aromatic carbocycles. The number of aryl methyl sites for hydroxylation is 1. The van der Waals surface area contributed by atoms with Crippen molar-refractivity contribution < 1.29 is 14.3 Å². The molecule has 0 radical (unpaired) electrons. The number of alkyl carbamates (subject to hydrolysis) is 1. The Kier molecular flexibility index (Phi) is 4.50. The molecule has 8 nitrogen and oxygen atoms in total. The molecule has 0 saturated heterocycles. The highest BCUT2D eigenvalue weighted by molar-refractivity contribution is 6.03. The third-order valence-corrected chi connectivity index (χ3v) is 2.63. The number of ether oxygens (including phenoxy) is 1. The summed E-state index contributed by atoms with van der Waals surface area (Å²) >= 11 is 0. The van der Waals surface area contributed by atoms with Crippen LogP contribution in [-0.4, -0.2) is 34.3 Å². The summed E-state index contributed by atoms with van der Waals surface area (Å²) < 4.78 is 4.46. The minimum atomic E-state index is -0.557. The summed E-state index contributed by atoms with van der Waals surface area (Å²) in [4.78, 5) is 27.1. The first kappa shape index (κ1) is 14.5. The molecule has 2 aromatic rings. The van der Waals surface area contributed by atoms with Gasteiger partial charge in [-0.25, -0.2) is 4.79 Å². The van der Waals surface area contributed by atoms with Crippen molar-refractivity contribution in [2.24, 2.45) is 0 Å². The molecule has 0 unspecified atom stereocenters. The van der Waals surface area contributed by atoms with Crippen LogP contribution in [0.25, 0.3) is 0 Å². The number of nitrogens with one attached hydrogen (secondary N) is 3. The van der Waals surface area contributed by atoms with Gasteiger partial charge in [0.05, 0.1) is 19.3 Å². The number of anilines is 1. The van der Waals surface area contributed by atoms with Gasteiger partial charge in [0.15, 0.2) is 5.82 Å². The van der Waals surface area contributed by atoms with Gasteiger partial charge in [-0.3, -0.25) is 14.9 Å². The Morgan fingerprint density at radius 3 is 2.86 bits per heavy atom. The summed E-state index contributed by atoms with van der Waals surface area (Å²) in [5.74, 6) is 0.145. The zero-order chi connectivity index (χ0) is 15.2. The van der Waals surface area contributed by atoms with Crippen molar-refractivity contribution in [1.29, 1.82) is 0 Å². The first-order chi connectivity index (χ1) is 10.1. The van der Waals surface area contributed by atoms with E-state index in [4.69, 9.17) is 0 Å². The predicted molar refractivity (Wildman–Crippen MR) is 74.8 cm³/mol. The Bertz CT molecular complexity index is 653. The van der Waals surface area contributed by atoms with E-state index in [0.29, 0.717) is 17.1 Å². The molecule has 2 rings (SSSR count). The quantitative estimate of drug-likeness (QED) is 0.784. The Hall–Kier alpha value is -2.90. The van der Waals surface area contributed by atoms with Gasteiger partial charge in [-0.1, -0.05) is 0 Å². The molecule has 0 saturated carbocycles. The van der Waals surface area contributed by atoms with Crippen LogP contribution in [0.5, 0.6) is 0 Å². The number of amides is 2. The van der Waals surface area contributed by atoms with Crippen LogP contribution in [0.3, 0.4) is 0 Å². The zero-order valence-corrected chi connectivity index (χ0v) is 11.6. The number of aromatic nitrogens is 3. The number of H-pyrrole nitrogens is 1. The van der Waals surface area contributed by atoms with E-state index >= 15 is 0 Å². The molecule has 0 bridgehead atoms. The highest BCUT2D eigenvalue weighted by Crippen LogP contribution is 2.08. The normalized spacial score (nSPS) is 10.0. The van der Waals surface area contributed by atoms with Gasteiger partial charge in [-0.2, -0.15) is 5.10 Å². The van der Waals surface area contributed by atoms with E-state index in [1.165, 1.54) is 13.3 Å². The second-order valence-electron chi connectivity index (χ2n) is 4.27. The van der Waals surface area contributed by atoms with Crippen molar-refractivity contribution in [2.75, 3.05) is 12.4 Å². The van der Waals surface area contributed by atoms with Crippen LogP contribution in [0.1, 0.15) is 21.7 Å². The molecule has 0 atom stereocenters. The van der Waals surface area contributed by atoms with Crippen LogP contribution in [0.15, 0.2) is 24.4 Å². The van der Waals surface area contributed by atoms with Crippen molar-refractivity contribution in [3.05, 3.63) is 41.3 Å². The molecule has 8 heteroatoms. The monoisotopic (exact) mass is 289 g/mol. The van der Waals surface area contributed by atoms with Gasteiger partial charge >= 0.3 is 6.09 Å². The third kappa shape index (κ3) is 4.03. The number of carbonyl (C=O) groups excluding carboxylic acids is 2. The number of methoxy groups -OCH3 is 1. The summed E-state index contributed by atoms with van der Waals surface area (Å²) in [6, 6.07) is 4.89. The van der Waals surface area contributed by atoms with Gasteiger partial charge in [0, 0.05) is 23.5 Å². The molecule has 0 spiro atoms. The van der Waals surface area contributed by atoms with Crippen molar-refractivity contribution >= 4 is 17.8 Å². The first-order valence-electron chi connectivity index (χ1n) is 6.18. The largest absolute Gasteiger partial charge is 0.453 e. The summed E-state index contributed by atoms with van der Waals surface area (Å²) in [7, 11) is 1.28. The van der Waals surface area contributed by atoms with Crippen LogP contribution in [0.2, 0.25) is 0 Å². The standard InChI is InChI=1S/C13H15N5O3/c1-8-5-11(18-17-8)16-12(19)9-3-4-14-10(6-9)7-15-13(20)21-2/h3-6H,7H2,1-2H3,(H,15,20)(H2,16,17,18,19). The molecule has 0 fully saturated rings. The van der Waals surface area contributed by atoms with Gasteiger partial charge < -0.3 is 15.4 Å². The number of aromatic amines is 1. The maximum atomic E-state index is 12.1. The average molecular weight is 289 g/mol. The molecule has 2 aromatic heterocycles. The molecule has 3 N–H and O–H groups in total. The van der Waals surface area contributed by atoms with Crippen LogP contribution in [0.4, 0.5) is 10.6 Å². The second kappa shape index (κ2) is 6.51. The number of hydrogen-bond donors (Lipinski definition) is 3. The molecule has 110 valence electrons.